The average Bonchev–Trinajstić information content (AvgIpc) is 3.28. The summed E-state index contributed by atoms with van der Waals surface area (Å²) in [5.41, 5.74) is 2.00. The summed E-state index contributed by atoms with van der Waals surface area (Å²) in [6.45, 7) is 0.274. The molecule has 0 aliphatic carbocycles. The summed E-state index contributed by atoms with van der Waals surface area (Å²) < 4.78 is 30.1. The van der Waals surface area contributed by atoms with Crippen LogP contribution < -0.4 is 10.6 Å². The van der Waals surface area contributed by atoms with Crippen molar-refractivity contribution < 1.29 is 22.4 Å². The Bertz CT molecular complexity index is 1360. The largest absolute Gasteiger partial charge is 0.451 e. The quantitative estimate of drug-likeness (QED) is 0.352. The first kappa shape index (κ1) is 23.3. The zero-order valence-corrected chi connectivity index (χ0v) is 19.2. The summed E-state index contributed by atoms with van der Waals surface area (Å²) in [5, 5.41) is 6.38. The summed E-state index contributed by atoms with van der Waals surface area (Å²) in [6, 6.07) is 24.3. The Labute approximate surface area is 197 Å². The van der Waals surface area contributed by atoms with Crippen molar-refractivity contribution >= 4 is 38.3 Å². The number of rotatable bonds is 9. The van der Waals surface area contributed by atoms with Gasteiger partial charge in [-0.3, -0.25) is 9.59 Å². The van der Waals surface area contributed by atoms with E-state index >= 15 is 0 Å². The molecule has 0 bridgehead atoms. The second-order valence-corrected chi connectivity index (χ2v) is 9.92. The third-order valence-corrected chi connectivity index (χ3v) is 7.06. The highest BCUT2D eigenvalue weighted by molar-refractivity contribution is 7.91. The van der Waals surface area contributed by atoms with E-state index in [2.05, 4.69) is 10.6 Å². The molecule has 0 radical (unpaired) electrons. The van der Waals surface area contributed by atoms with E-state index in [1.165, 1.54) is 0 Å². The summed E-state index contributed by atoms with van der Waals surface area (Å²) >= 11 is 0. The van der Waals surface area contributed by atoms with Gasteiger partial charge in [-0.05, 0) is 48.4 Å². The molecule has 1 heterocycles. The van der Waals surface area contributed by atoms with Gasteiger partial charge in [-0.2, -0.15) is 0 Å². The van der Waals surface area contributed by atoms with Crippen LogP contribution in [0.4, 0.5) is 5.69 Å². The summed E-state index contributed by atoms with van der Waals surface area (Å²) in [4.78, 5) is 24.9. The van der Waals surface area contributed by atoms with Crippen molar-refractivity contribution in [3.8, 4) is 0 Å². The van der Waals surface area contributed by atoms with Gasteiger partial charge >= 0.3 is 0 Å². The lowest BCUT2D eigenvalue weighted by Gasteiger charge is -2.08. The molecule has 2 N–H and O–H groups in total. The van der Waals surface area contributed by atoms with Crippen molar-refractivity contribution in [2.45, 2.75) is 17.7 Å². The second kappa shape index (κ2) is 10.4. The van der Waals surface area contributed by atoms with E-state index in [1.807, 2.05) is 18.2 Å². The van der Waals surface area contributed by atoms with E-state index in [0.717, 1.165) is 10.9 Å². The first-order chi connectivity index (χ1) is 16.4. The number of furan rings is 1. The molecule has 0 fully saturated rings. The molecule has 0 saturated carbocycles. The molecule has 3 aromatic carbocycles. The van der Waals surface area contributed by atoms with Gasteiger partial charge in [-0.15, -0.1) is 0 Å². The number of sulfone groups is 1. The van der Waals surface area contributed by atoms with Crippen LogP contribution in [0.15, 0.2) is 94.2 Å². The lowest BCUT2D eigenvalue weighted by Crippen LogP contribution is -2.27. The minimum Gasteiger partial charge on any atom is -0.451 e. The van der Waals surface area contributed by atoms with Crippen molar-refractivity contribution in [1.82, 2.24) is 5.32 Å². The zero-order chi connectivity index (χ0) is 24.0. The maximum Gasteiger partial charge on any atom is 0.291 e. The smallest absolute Gasteiger partial charge is 0.291 e. The number of para-hydroxylation sites is 1. The van der Waals surface area contributed by atoms with Crippen LogP contribution in [0.25, 0.3) is 11.0 Å². The van der Waals surface area contributed by atoms with Crippen molar-refractivity contribution in [3.63, 3.8) is 0 Å². The number of carbonyl (C=O) groups excluding carboxylic acids is 2. The number of nitrogens with one attached hydrogen (secondary N) is 2. The Morgan fingerprint density at radius 3 is 2.29 bits per heavy atom. The van der Waals surface area contributed by atoms with Crippen LogP contribution in [-0.2, 0) is 21.1 Å². The molecular formula is C26H24N2O5S. The molecular weight excluding hydrogens is 452 g/mol. The molecule has 8 heteroatoms. The first-order valence-electron chi connectivity index (χ1n) is 10.8. The fraction of sp³-hybridized carbons (Fsp3) is 0.154. The van der Waals surface area contributed by atoms with Crippen LogP contribution in [-0.4, -0.2) is 32.5 Å². The Morgan fingerprint density at radius 1 is 0.853 bits per heavy atom. The molecule has 0 saturated heterocycles. The van der Waals surface area contributed by atoms with Crippen molar-refractivity contribution in [2.24, 2.45) is 0 Å². The topological polar surface area (TPSA) is 105 Å². The highest BCUT2D eigenvalue weighted by Gasteiger charge is 2.14. The van der Waals surface area contributed by atoms with Gasteiger partial charge in [0.05, 0.1) is 17.1 Å². The number of hydrogen-bond acceptors (Lipinski definition) is 5. The Balaban J connectivity index is 1.23. The van der Waals surface area contributed by atoms with Crippen LogP contribution in [0.1, 0.15) is 22.5 Å². The van der Waals surface area contributed by atoms with Gasteiger partial charge in [-0.1, -0.05) is 48.5 Å². The lowest BCUT2D eigenvalue weighted by molar-refractivity contribution is -0.120. The van der Waals surface area contributed by atoms with Crippen molar-refractivity contribution in [2.75, 3.05) is 17.6 Å². The molecule has 4 aromatic rings. The lowest BCUT2D eigenvalue weighted by atomic mass is 10.1. The van der Waals surface area contributed by atoms with E-state index in [9.17, 15) is 18.0 Å². The maximum atomic E-state index is 12.4. The van der Waals surface area contributed by atoms with Gasteiger partial charge in [-0.25, -0.2) is 8.42 Å². The molecule has 0 atom stereocenters. The van der Waals surface area contributed by atoms with Gasteiger partial charge in [0.15, 0.2) is 15.6 Å². The van der Waals surface area contributed by atoms with Crippen LogP contribution in [0.2, 0.25) is 0 Å². The molecule has 0 unspecified atom stereocenters. The van der Waals surface area contributed by atoms with Crippen LogP contribution in [0, 0.1) is 0 Å². The molecule has 2 amide bonds. The number of hydrogen-bond donors (Lipinski definition) is 2. The van der Waals surface area contributed by atoms with Gasteiger partial charge in [0, 0.05) is 17.6 Å². The maximum absolute atomic E-state index is 12.4. The van der Waals surface area contributed by atoms with Crippen LogP contribution in [0.5, 0.6) is 0 Å². The third kappa shape index (κ3) is 5.90. The van der Waals surface area contributed by atoms with Gasteiger partial charge in [0.1, 0.15) is 5.58 Å². The first-order valence-corrected chi connectivity index (χ1v) is 12.5. The SMILES string of the molecule is O=C(Cc1ccc(NC(=O)c2cc3ccccc3o2)cc1)NCCCS(=O)(=O)c1ccccc1. The number of benzene rings is 3. The summed E-state index contributed by atoms with van der Waals surface area (Å²) in [5.74, 6) is -0.362. The minimum atomic E-state index is -3.35. The predicted molar refractivity (Wildman–Crippen MR) is 130 cm³/mol. The van der Waals surface area contributed by atoms with E-state index < -0.39 is 9.84 Å². The van der Waals surface area contributed by atoms with E-state index in [4.69, 9.17) is 4.42 Å². The highest BCUT2D eigenvalue weighted by Crippen LogP contribution is 2.20. The van der Waals surface area contributed by atoms with Gasteiger partial charge in [0.2, 0.25) is 5.91 Å². The molecule has 4 rings (SSSR count). The Kier molecular flexibility index (Phi) is 7.08. The van der Waals surface area contributed by atoms with E-state index in [1.54, 1.807) is 66.7 Å². The molecule has 0 aliphatic heterocycles. The van der Waals surface area contributed by atoms with Gasteiger partial charge < -0.3 is 15.1 Å². The van der Waals surface area contributed by atoms with E-state index in [-0.39, 0.29) is 41.2 Å². The summed E-state index contributed by atoms with van der Waals surface area (Å²) in [7, 11) is -3.35. The zero-order valence-electron chi connectivity index (χ0n) is 18.4. The molecule has 7 nitrogen and oxygen atoms in total. The Morgan fingerprint density at radius 2 is 1.56 bits per heavy atom. The monoisotopic (exact) mass is 476 g/mol. The predicted octanol–water partition coefficient (Wildman–Crippen LogP) is 4.21. The fourth-order valence-electron chi connectivity index (χ4n) is 3.48. The Hall–Kier alpha value is -3.91. The average molecular weight is 477 g/mol. The number of fused-ring (bicyclic) bond motifs is 1. The number of anilines is 1. The second-order valence-electron chi connectivity index (χ2n) is 7.81. The highest BCUT2D eigenvalue weighted by atomic mass is 32.2. The van der Waals surface area contributed by atoms with Crippen LogP contribution >= 0.6 is 0 Å². The molecule has 34 heavy (non-hydrogen) atoms. The van der Waals surface area contributed by atoms with Crippen LogP contribution in [0.3, 0.4) is 0 Å². The standard InChI is InChI=1S/C26H24N2O5S/c29-25(27-15-6-16-34(31,32)22-8-2-1-3-9-22)17-19-11-13-21(14-12-19)28-26(30)24-18-20-7-4-5-10-23(20)33-24/h1-5,7-14,18H,6,15-17H2,(H,27,29)(H,28,30). The normalized spacial score (nSPS) is 11.3. The summed E-state index contributed by atoms with van der Waals surface area (Å²) in [6.07, 6.45) is 0.485. The van der Waals surface area contributed by atoms with E-state index in [0.29, 0.717) is 17.7 Å². The number of amides is 2. The fourth-order valence-corrected chi connectivity index (χ4v) is 4.81. The molecule has 174 valence electrons. The number of carbonyl (C=O) groups is 2. The minimum absolute atomic E-state index is 0.0308. The molecule has 1 aromatic heterocycles. The van der Waals surface area contributed by atoms with Crippen molar-refractivity contribution in [1.29, 1.82) is 0 Å². The van der Waals surface area contributed by atoms with Gasteiger partial charge in [0.25, 0.3) is 5.91 Å². The third-order valence-electron chi connectivity index (χ3n) is 5.24. The molecule has 0 aliphatic rings. The molecule has 0 spiro atoms. The van der Waals surface area contributed by atoms with Crippen molar-refractivity contribution in [3.05, 3.63) is 96.3 Å².